The Morgan fingerprint density at radius 3 is 2.81 bits per heavy atom. The van der Waals surface area contributed by atoms with E-state index in [-0.39, 0.29) is 18.5 Å². The van der Waals surface area contributed by atoms with E-state index in [1.807, 2.05) is 17.0 Å². The number of likely N-dealkylation sites (tertiary alicyclic amines) is 1. The zero-order valence-corrected chi connectivity index (χ0v) is 15.6. The molecule has 1 aromatic heterocycles. The van der Waals surface area contributed by atoms with Crippen LogP contribution in [0.15, 0.2) is 24.5 Å². The molecule has 7 heteroatoms. The Hall–Kier alpha value is -2.15. The quantitative estimate of drug-likeness (QED) is 0.736. The van der Waals surface area contributed by atoms with Crippen LogP contribution in [0.2, 0.25) is 0 Å². The average Bonchev–Trinajstić information content (AvgIpc) is 2.66. The van der Waals surface area contributed by atoms with Gasteiger partial charge in [0.15, 0.2) is 0 Å². The van der Waals surface area contributed by atoms with Crippen LogP contribution in [-0.2, 0) is 11.3 Å². The number of nitrogens with zero attached hydrogens (tertiary/aromatic N) is 3. The number of carbonyl (C=O) groups is 2. The van der Waals surface area contributed by atoms with Crippen molar-refractivity contribution in [2.24, 2.45) is 5.92 Å². The van der Waals surface area contributed by atoms with Crippen LogP contribution >= 0.6 is 0 Å². The number of aliphatic hydroxyl groups excluding tert-OH is 1. The number of carbonyl (C=O) groups excluding carboxylic acids is 2. The van der Waals surface area contributed by atoms with E-state index in [1.165, 1.54) is 0 Å². The van der Waals surface area contributed by atoms with E-state index in [1.54, 1.807) is 17.3 Å². The molecule has 1 fully saturated rings. The molecule has 144 valence electrons. The smallest absolute Gasteiger partial charge is 0.317 e. The molecule has 1 aliphatic heterocycles. The Balaban J connectivity index is 1.77. The van der Waals surface area contributed by atoms with E-state index >= 15 is 0 Å². The molecule has 26 heavy (non-hydrogen) atoms. The van der Waals surface area contributed by atoms with E-state index in [2.05, 4.69) is 17.2 Å². The molecular formula is C19H30N4O3. The Labute approximate surface area is 155 Å². The van der Waals surface area contributed by atoms with Crippen LogP contribution in [0.4, 0.5) is 4.79 Å². The molecule has 0 unspecified atom stereocenters. The summed E-state index contributed by atoms with van der Waals surface area (Å²) in [4.78, 5) is 32.3. The third-order valence-electron chi connectivity index (χ3n) is 4.72. The first-order chi connectivity index (χ1) is 12.6. The Bertz CT molecular complexity index is 559. The first kappa shape index (κ1) is 20.2. The normalized spacial score (nSPS) is 14.9. The third-order valence-corrected chi connectivity index (χ3v) is 4.72. The van der Waals surface area contributed by atoms with Crippen LogP contribution < -0.4 is 5.32 Å². The molecule has 2 rings (SSSR count). The van der Waals surface area contributed by atoms with E-state index in [0.717, 1.165) is 31.5 Å². The largest absolute Gasteiger partial charge is 0.396 e. The van der Waals surface area contributed by atoms with E-state index in [4.69, 9.17) is 5.11 Å². The molecule has 0 radical (unpaired) electrons. The van der Waals surface area contributed by atoms with Crippen LogP contribution in [0, 0.1) is 5.92 Å². The summed E-state index contributed by atoms with van der Waals surface area (Å²) in [7, 11) is 0. The van der Waals surface area contributed by atoms with Crippen molar-refractivity contribution in [1.82, 2.24) is 20.1 Å². The van der Waals surface area contributed by atoms with Crippen LogP contribution in [0.3, 0.4) is 0 Å². The minimum Gasteiger partial charge on any atom is -0.396 e. The standard InChI is InChI=1S/C19H30N4O3/c1-16-6-11-22(12-7-16)18(25)5-9-21-19(26)23(10-3-13-24)15-17-4-2-8-20-14-17/h2,4,8,14,16,24H,3,5-7,9-13,15H2,1H3,(H,21,26). The summed E-state index contributed by atoms with van der Waals surface area (Å²) < 4.78 is 0. The molecule has 1 saturated heterocycles. The molecule has 0 atom stereocenters. The molecule has 2 N–H and O–H groups in total. The van der Waals surface area contributed by atoms with Crippen LogP contribution in [0.5, 0.6) is 0 Å². The summed E-state index contributed by atoms with van der Waals surface area (Å²) in [5, 5.41) is 11.9. The number of hydrogen-bond donors (Lipinski definition) is 2. The van der Waals surface area contributed by atoms with E-state index in [0.29, 0.717) is 38.4 Å². The Kier molecular flexibility index (Phi) is 8.34. The zero-order valence-electron chi connectivity index (χ0n) is 15.6. The number of piperidine rings is 1. The maximum atomic E-state index is 12.4. The first-order valence-electron chi connectivity index (χ1n) is 9.40. The molecule has 2 heterocycles. The van der Waals surface area contributed by atoms with E-state index < -0.39 is 0 Å². The minimum atomic E-state index is -0.220. The fourth-order valence-electron chi connectivity index (χ4n) is 3.03. The van der Waals surface area contributed by atoms with Crippen LogP contribution in [-0.4, -0.2) is 64.6 Å². The number of aliphatic hydroxyl groups is 1. The third kappa shape index (κ3) is 6.63. The van der Waals surface area contributed by atoms with Gasteiger partial charge in [0.1, 0.15) is 0 Å². The van der Waals surface area contributed by atoms with Gasteiger partial charge in [0.25, 0.3) is 0 Å². The second-order valence-corrected chi connectivity index (χ2v) is 6.91. The van der Waals surface area contributed by atoms with Crippen molar-refractivity contribution in [2.45, 2.75) is 39.2 Å². The number of pyridine rings is 1. The lowest BCUT2D eigenvalue weighted by atomic mass is 9.99. The van der Waals surface area contributed by atoms with Gasteiger partial charge < -0.3 is 20.2 Å². The molecule has 0 saturated carbocycles. The molecule has 0 bridgehead atoms. The van der Waals surface area contributed by atoms with Gasteiger partial charge in [-0.25, -0.2) is 4.79 Å². The number of urea groups is 1. The molecule has 1 aliphatic rings. The monoisotopic (exact) mass is 362 g/mol. The van der Waals surface area contributed by atoms with Crippen LogP contribution in [0.25, 0.3) is 0 Å². The summed E-state index contributed by atoms with van der Waals surface area (Å²) in [6.07, 6.45) is 6.35. The molecule has 0 spiro atoms. The number of nitrogens with one attached hydrogen (secondary N) is 1. The summed E-state index contributed by atoms with van der Waals surface area (Å²) in [6, 6.07) is 3.52. The van der Waals surface area contributed by atoms with Crippen molar-refractivity contribution in [2.75, 3.05) is 32.8 Å². The Morgan fingerprint density at radius 2 is 2.15 bits per heavy atom. The molecule has 1 aromatic rings. The van der Waals surface area contributed by atoms with Crippen molar-refractivity contribution >= 4 is 11.9 Å². The van der Waals surface area contributed by atoms with Crippen LogP contribution in [0.1, 0.15) is 38.2 Å². The van der Waals surface area contributed by atoms with Gasteiger partial charge in [-0.05, 0) is 36.8 Å². The number of aromatic nitrogens is 1. The molecular weight excluding hydrogens is 332 g/mol. The van der Waals surface area contributed by atoms with Gasteiger partial charge in [-0.2, -0.15) is 0 Å². The number of hydrogen-bond acceptors (Lipinski definition) is 4. The van der Waals surface area contributed by atoms with Crippen molar-refractivity contribution in [3.8, 4) is 0 Å². The molecule has 0 aliphatic carbocycles. The fraction of sp³-hybridized carbons (Fsp3) is 0.632. The highest BCUT2D eigenvalue weighted by Crippen LogP contribution is 2.16. The lowest BCUT2D eigenvalue weighted by molar-refractivity contribution is -0.132. The van der Waals surface area contributed by atoms with Crippen molar-refractivity contribution in [3.63, 3.8) is 0 Å². The summed E-state index contributed by atoms with van der Waals surface area (Å²) in [5.41, 5.74) is 0.930. The number of amides is 3. The van der Waals surface area contributed by atoms with Gasteiger partial charge in [-0.3, -0.25) is 9.78 Å². The van der Waals surface area contributed by atoms with Gasteiger partial charge in [0.2, 0.25) is 5.91 Å². The van der Waals surface area contributed by atoms with Gasteiger partial charge >= 0.3 is 6.03 Å². The highest BCUT2D eigenvalue weighted by atomic mass is 16.3. The summed E-state index contributed by atoms with van der Waals surface area (Å²) >= 11 is 0. The summed E-state index contributed by atoms with van der Waals surface area (Å²) in [5.74, 6) is 0.790. The van der Waals surface area contributed by atoms with Crippen molar-refractivity contribution < 1.29 is 14.7 Å². The average molecular weight is 362 g/mol. The van der Waals surface area contributed by atoms with Gasteiger partial charge in [0.05, 0.1) is 0 Å². The van der Waals surface area contributed by atoms with Crippen molar-refractivity contribution in [1.29, 1.82) is 0 Å². The topological polar surface area (TPSA) is 85.8 Å². The lowest BCUT2D eigenvalue weighted by Gasteiger charge is -2.30. The highest BCUT2D eigenvalue weighted by Gasteiger charge is 2.20. The van der Waals surface area contributed by atoms with Gasteiger partial charge in [-0.15, -0.1) is 0 Å². The SMILES string of the molecule is CC1CCN(C(=O)CCNC(=O)N(CCCO)Cc2cccnc2)CC1. The first-order valence-corrected chi connectivity index (χ1v) is 9.40. The Morgan fingerprint density at radius 1 is 1.38 bits per heavy atom. The minimum absolute atomic E-state index is 0.0304. The lowest BCUT2D eigenvalue weighted by Crippen LogP contribution is -2.43. The van der Waals surface area contributed by atoms with E-state index in [9.17, 15) is 9.59 Å². The second-order valence-electron chi connectivity index (χ2n) is 6.91. The molecule has 7 nitrogen and oxygen atoms in total. The maximum Gasteiger partial charge on any atom is 0.317 e. The summed E-state index contributed by atoms with van der Waals surface area (Å²) in [6.45, 7) is 5.09. The fourth-order valence-corrected chi connectivity index (χ4v) is 3.03. The second kappa shape index (κ2) is 10.8. The highest BCUT2D eigenvalue weighted by molar-refractivity contribution is 5.78. The maximum absolute atomic E-state index is 12.4. The van der Waals surface area contributed by atoms with Crippen molar-refractivity contribution in [3.05, 3.63) is 30.1 Å². The zero-order chi connectivity index (χ0) is 18.8. The predicted octanol–water partition coefficient (Wildman–Crippen LogP) is 1.62. The predicted molar refractivity (Wildman–Crippen MR) is 99.3 cm³/mol. The molecule has 3 amide bonds. The van der Waals surface area contributed by atoms with Gasteiger partial charge in [0, 0.05) is 58.1 Å². The molecule has 0 aromatic carbocycles. The number of rotatable bonds is 8. The van der Waals surface area contributed by atoms with Gasteiger partial charge in [-0.1, -0.05) is 13.0 Å².